The molecule has 1 unspecified atom stereocenters. The van der Waals surface area contributed by atoms with Crippen molar-refractivity contribution >= 4 is 22.6 Å². The molecule has 5 heteroatoms. The molecule has 0 spiro atoms. The SMILES string of the molecule is CNC(c1ccc(F)cc1I)c1ccc(C)c(F)c1F. The maximum atomic E-state index is 14.1. The van der Waals surface area contributed by atoms with Gasteiger partial charge in [-0.2, -0.15) is 0 Å². The molecule has 0 amide bonds. The molecule has 0 heterocycles. The lowest BCUT2D eigenvalue weighted by Crippen LogP contribution is -2.20. The number of halogens is 4. The topological polar surface area (TPSA) is 12.0 Å². The molecular weight excluding hydrogens is 378 g/mol. The van der Waals surface area contributed by atoms with Gasteiger partial charge in [-0.3, -0.25) is 0 Å². The van der Waals surface area contributed by atoms with E-state index in [9.17, 15) is 13.2 Å². The molecule has 0 aliphatic rings. The molecule has 2 rings (SSSR count). The van der Waals surface area contributed by atoms with E-state index in [2.05, 4.69) is 5.32 Å². The normalized spacial score (nSPS) is 12.5. The lowest BCUT2D eigenvalue weighted by atomic mass is 9.97. The van der Waals surface area contributed by atoms with Crippen molar-refractivity contribution in [3.8, 4) is 0 Å². The van der Waals surface area contributed by atoms with E-state index in [-0.39, 0.29) is 16.9 Å². The molecule has 0 fully saturated rings. The van der Waals surface area contributed by atoms with E-state index in [1.807, 2.05) is 22.6 Å². The Balaban J connectivity index is 2.55. The Bertz CT molecular complexity index is 643. The fourth-order valence-electron chi connectivity index (χ4n) is 2.10. The van der Waals surface area contributed by atoms with Crippen LogP contribution in [0.25, 0.3) is 0 Å². The van der Waals surface area contributed by atoms with Crippen LogP contribution >= 0.6 is 22.6 Å². The van der Waals surface area contributed by atoms with Gasteiger partial charge in [-0.25, -0.2) is 13.2 Å². The number of hydrogen-bond donors (Lipinski definition) is 1. The molecule has 106 valence electrons. The lowest BCUT2D eigenvalue weighted by molar-refractivity contribution is 0.482. The third-order valence-corrected chi connectivity index (χ3v) is 4.11. The van der Waals surface area contributed by atoms with E-state index < -0.39 is 17.7 Å². The zero-order valence-electron chi connectivity index (χ0n) is 11.0. The van der Waals surface area contributed by atoms with Crippen LogP contribution in [0.15, 0.2) is 30.3 Å². The van der Waals surface area contributed by atoms with Crippen LogP contribution in [0, 0.1) is 27.9 Å². The minimum atomic E-state index is -0.871. The summed E-state index contributed by atoms with van der Waals surface area (Å²) in [7, 11) is 1.65. The largest absolute Gasteiger partial charge is 0.309 e. The molecule has 0 bridgehead atoms. The molecule has 0 saturated heterocycles. The van der Waals surface area contributed by atoms with Crippen molar-refractivity contribution in [1.29, 1.82) is 0 Å². The molecule has 1 atom stereocenters. The van der Waals surface area contributed by atoms with Crippen molar-refractivity contribution in [2.45, 2.75) is 13.0 Å². The summed E-state index contributed by atoms with van der Waals surface area (Å²) >= 11 is 1.98. The summed E-state index contributed by atoms with van der Waals surface area (Å²) in [4.78, 5) is 0. The second kappa shape index (κ2) is 6.13. The third kappa shape index (κ3) is 2.83. The number of aryl methyl sites for hydroxylation is 1. The molecule has 0 aromatic heterocycles. The van der Waals surface area contributed by atoms with Gasteiger partial charge in [0.1, 0.15) is 5.82 Å². The van der Waals surface area contributed by atoms with Crippen LogP contribution in [0.2, 0.25) is 0 Å². The lowest BCUT2D eigenvalue weighted by Gasteiger charge is -2.20. The van der Waals surface area contributed by atoms with Crippen LogP contribution in [0.5, 0.6) is 0 Å². The van der Waals surface area contributed by atoms with E-state index in [4.69, 9.17) is 0 Å². The highest BCUT2D eigenvalue weighted by molar-refractivity contribution is 14.1. The van der Waals surface area contributed by atoms with Crippen LogP contribution in [-0.4, -0.2) is 7.05 Å². The molecule has 0 aliphatic heterocycles. The fraction of sp³-hybridized carbons (Fsp3) is 0.200. The summed E-state index contributed by atoms with van der Waals surface area (Å²) < 4.78 is 41.6. The minimum Gasteiger partial charge on any atom is -0.309 e. The monoisotopic (exact) mass is 391 g/mol. The molecule has 0 radical (unpaired) electrons. The first-order valence-electron chi connectivity index (χ1n) is 6.02. The van der Waals surface area contributed by atoms with Crippen LogP contribution < -0.4 is 5.32 Å². The van der Waals surface area contributed by atoms with E-state index in [0.717, 1.165) is 0 Å². The first kappa shape index (κ1) is 15.3. The molecule has 2 aromatic carbocycles. The number of hydrogen-bond acceptors (Lipinski definition) is 1. The summed E-state index contributed by atoms with van der Waals surface area (Å²) in [6.45, 7) is 1.51. The predicted octanol–water partition coefficient (Wildman–Crippen LogP) is 4.33. The van der Waals surface area contributed by atoms with Crippen LogP contribution in [0.3, 0.4) is 0 Å². The quantitative estimate of drug-likeness (QED) is 0.769. The summed E-state index contributed by atoms with van der Waals surface area (Å²) in [5, 5.41) is 2.95. The van der Waals surface area contributed by atoms with Crippen molar-refractivity contribution in [1.82, 2.24) is 5.32 Å². The number of rotatable bonds is 3. The Morgan fingerprint density at radius 1 is 1.00 bits per heavy atom. The summed E-state index contributed by atoms with van der Waals surface area (Å²) in [5.74, 6) is -2.08. The van der Waals surface area contributed by atoms with Gasteiger partial charge >= 0.3 is 0 Å². The molecule has 0 saturated carbocycles. The van der Waals surface area contributed by atoms with Gasteiger partial charge in [0.25, 0.3) is 0 Å². The van der Waals surface area contributed by atoms with Gasteiger partial charge < -0.3 is 5.32 Å². The summed E-state index contributed by atoms with van der Waals surface area (Å²) in [6.07, 6.45) is 0. The standard InChI is InChI=1S/C15H13F3IN/c1-8-3-5-11(14(18)13(8)17)15(20-2)10-6-4-9(16)7-12(10)19/h3-7,15,20H,1-2H3. The van der Waals surface area contributed by atoms with E-state index in [1.165, 1.54) is 25.1 Å². The average Bonchev–Trinajstić information content (AvgIpc) is 2.41. The first-order chi connectivity index (χ1) is 9.45. The van der Waals surface area contributed by atoms with Gasteiger partial charge in [0.05, 0.1) is 6.04 Å². The molecule has 1 N–H and O–H groups in total. The molecule has 2 aromatic rings. The summed E-state index contributed by atoms with van der Waals surface area (Å²) in [6, 6.07) is 6.81. The Hall–Kier alpha value is -1.08. The first-order valence-corrected chi connectivity index (χ1v) is 7.10. The van der Waals surface area contributed by atoms with Gasteiger partial charge in [-0.15, -0.1) is 0 Å². The Morgan fingerprint density at radius 2 is 1.65 bits per heavy atom. The highest BCUT2D eigenvalue weighted by Crippen LogP contribution is 2.30. The number of benzene rings is 2. The maximum Gasteiger partial charge on any atom is 0.164 e. The van der Waals surface area contributed by atoms with Gasteiger partial charge in [-0.1, -0.05) is 18.2 Å². The second-order valence-electron chi connectivity index (χ2n) is 4.49. The van der Waals surface area contributed by atoms with Crippen LogP contribution in [-0.2, 0) is 0 Å². The molecule has 1 nitrogen and oxygen atoms in total. The minimum absolute atomic E-state index is 0.208. The molecule has 20 heavy (non-hydrogen) atoms. The van der Waals surface area contributed by atoms with Gasteiger partial charge in [-0.05, 0) is 59.8 Å². The average molecular weight is 391 g/mol. The highest BCUT2D eigenvalue weighted by atomic mass is 127. The molecule has 0 aliphatic carbocycles. The van der Waals surface area contributed by atoms with Gasteiger partial charge in [0.15, 0.2) is 11.6 Å². The zero-order valence-corrected chi connectivity index (χ0v) is 13.1. The molecular formula is C15H13F3IN. The predicted molar refractivity (Wildman–Crippen MR) is 81.1 cm³/mol. The maximum absolute atomic E-state index is 14.1. The Labute approximate surface area is 129 Å². The fourth-order valence-corrected chi connectivity index (χ4v) is 2.89. The van der Waals surface area contributed by atoms with Crippen molar-refractivity contribution in [3.63, 3.8) is 0 Å². The highest BCUT2D eigenvalue weighted by Gasteiger charge is 2.21. The van der Waals surface area contributed by atoms with Crippen LogP contribution in [0.4, 0.5) is 13.2 Å². The van der Waals surface area contributed by atoms with Crippen LogP contribution in [0.1, 0.15) is 22.7 Å². The van der Waals surface area contributed by atoms with Gasteiger partial charge in [0, 0.05) is 9.13 Å². The number of nitrogens with one attached hydrogen (secondary N) is 1. The van der Waals surface area contributed by atoms with E-state index in [1.54, 1.807) is 19.2 Å². The second-order valence-corrected chi connectivity index (χ2v) is 5.65. The van der Waals surface area contributed by atoms with Gasteiger partial charge in [0.2, 0.25) is 0 Å². The zero-order chi connectivity index (χ0) is 14.9. The van der Waals surface area contributed by atoms with Crippen molar-refractivity contribution in [2.24, 2.45) is 0 Å². The Morgan fingerprint density at radius 3 is 2.25 bits per heavy atom. The Kier molecular flexibility index (Phi) is 4.70. The van der Waals surface area contributed by atoms with E-state index >= 15 is 0 Å². The third-order valence-electron chi connectivity index (χ3n) is 3.18. The summed E-state index contributed by atoms with van der Waals surface area (Å²) in [5.41, 5.74) is 1.17. The van der Waals surface area contributed by atoms with Crippen molar-refractivity contribution < 1.29 is 13.2 Å². The van der Waals surface area contributed by atoms with E-state index in [0.29, 0.717) is 9.13 Å². The van der Waals surface area contributed by atoms with Crippen molar-refractivity contribution in [3.05, 3.63) is 68.0 Å². The smallest absolute Gasteiger partial charge is 0.164 e. The van der Waals surface area contributed by atoms with Crippen molar-refractivity contribution in [2.75, 3.05) is 7.05 Å².